The summed E-state index contributed by atoms with van der Waals surface area (Å²) >= 11 is 0. The highest BCUT2D eigenvalue weighted by Crippen LogP contribution is 2.20. The first-order chi connectivity index (χ1) is 11.8. The number of nitrogens with two attached hydrogens (primary N) is 2. The third-order valence-electron chi connectivity index (χ3n) is 3.36. The minimum atomic E-state index is -0.731. The smallest absolute Gasteiger partial charge is 0.337 e. The van der Waals surface area contributed by atoms with Gasteiger partial charge in [0.15, 0.2) is 5.66 Å². The number of guanidine groups is 2. The van der Waals surface area contributed by atoms with Crippen LogP contribution in [0.25, 0.3) is 0 Å². The summed E-state index contributed by atoms with van der Waals surface area (Å²) in [4.78, 5) is 25.2. The lowest BCUT2D eigenvalue weighted by molar-refractivity contribution is -0.158. The van der Waals surface area contributed by atoms with Crippen LogP contribution in [0.4, 0.5) is 0 Å². The van der Waals surface area contributed by atoms with Crippen LogP contribution in [-0.4, -0.2) is 48.9 Å². The number of aliphatic imine (C=N–C) groups is 2. The average Bonchev–Trinajstić information content (AvgIpc) is 2.55. The van der Waals surface area contributed by atoms with Crippen LogP contribution in [0.1, 0.15) is 30.6 Å². The summed E-state index contributed by atoms with van der Waals surface area (Å²) in [7, 11) is 1.34. The maximum Gasteiger partial charge on any atom is 0.337 e. The first kappa shape index (κ1) is 21.7. The topological polar surface area (TPSA) is 125 Å². The van der Waals surface area contributed by atoms with Crippen LogP contribution in [0, 0.1) is 0 Å². The van der Waals surface area contributed by atoms with E-state index in [4.69, 9.17) is 21.0 Å². The standard InChI is InChI=1S/C16H23N5O4.BrH/c1-16(2)20-14(17)19-15(18)21(16)25-9-5-8-24-12-7-4-6-11(10-12)13(22)23-3;/h4,6-7,10H,5,8-9H2,1-3H3,(H4,17,18,19,20);1H. The lowest BCUT2D eigenvalue weighted by atomic mass is 10.2. The van der Waals surface area contributed by atoms with Crippen molar-refractivity contribution in [2.24, 2.45) is 21.5 Å². The molecule has 1 aromatic carbocycles. The van der Waals surface area contributed by atoms with E-state index in [0.717, 1.165) is 0 Å². The van der Waals surface area contributed by atoms with E-state index in [0.29, 0.717) is 30.9 Å². The third kappa shape index (κ3) is 5.60. The molecule has 0 saturated carbocycles. The molecular weight excluding hydrogens is 406 g/mol. The fraction of sp³-hybridized carbons (Fsp3) is 0.438. The van der Waals surface area contributed by atoms with Crippen LogP contribution in [0.3, 0.4) is 0 Å². The Labute approximate surface area is 162 Å². The number of hydrogen-bond acceptors (Lipinski definition) is 9. The molecule has 0 radical (unpaired) electrons. The van der Waals surface area contributed by atoms with Crippen molar-refractivity contribution in [3.63, 3.8) is 0 Å². The quantitative estimate of drug-likeness (QED) is 0.495. The summed E-state index contributed by atoms with van der Waals surface area (Å²) in [6, 6.07) is 6.79. The summed E-state index contributed by atoms with van der Waals surface area (Å²) in [5, 5.41) is 1.42. The van der Waals surface area contributed by atoms with E-state index in [1.165, 1.54) is 12.2 Å². The van der Waals surface area contributed by atoms with E-state index in [2.05, 4.69) is 14.7 Å². The van der Waals surface area contributed by atoms with Gasteiger partial charge in [0, 0.05) is 6.42 Å². The van der Waals surface area contributed by atoms with Gasteiger partial charge >= 0.3 is 5.97 Å². The second-order valence-electron chi connectivity index (χ2n) is 5.78. The maximum atomic E-state index is 11.5. The van der Waals surface area contributed by atoms with E-state index in [1.54, 1.807) is 24.3 Å². The summed E-state index contributed by atoms with van der Waals surface area (Å²) in [5.41, 5.74) is 11.1. The molecule has 0 aromatic heterocycles. The zero-order valence-corrected chi connectivity index (χ0v) is 16.7. The number of ether oxygens (including phenoxy) is 2. The number of halogens is 1. The van der Waals surface area contributed by atoms with Gasteiger partial charge in [0.1, 0.15) is 5.75 Å². The number of rotatable bonds is 7. The summed E-state index contributed by atoms with van der Waals surface area (Å²) in [6.45, 7) is 4.39. The molecule has 0 amide bonds. The molecule has 0 spiro atoms. The zero-order valence-electron chi connectivity index (χ0n) is 15.0. The van der Waals surface area contributed by atoms with E-state index in [9.17, 15) is 4.79 Å². The maximum absolute atomic E-state index is 11.5. The first-order valence-electron chi connectivity index (χ1n) is 7.77. The Hall–Kier alpha value is -2.33. The van der Waals surface area contributed by atoms with E-state index in [-0.39, 0.29) is 28.9 Å². The van der Waals surface area contributed by atoms with Gasteiger partial charge in [-0.05, 0) is 32.0 Å². The lowest BCUT2D eigenvalue weighted by Gasteiger charge is -2.36. The molecule has 0 fully saturated rings. The SMILES string of the molecule is Br.COC(=O)c1cccc(OCCCON2C(N)=NC(N)=NC2(C)C)c1. The normalized spacial score (nSPS) is 15.4. The van der Waals surface area contributed by atoms with Crippen molar-refractivity contribution in [3.05, 3.63) is 29.8 Å². The largest absolute Gasteiger partial charge is 0.493 e. The van der Waals surface area contributed by atoms with Crippen LogP contribution in [-0.2, 0) is 9.57 Å². The highest BCUT2D eigenvalue weighted by molar-refractivity contribution is 8.93. The van der Waals surface area contributed by atoms with Gasteiger partial charge in [-0.3, -0.25) is 4.84 Å². The monoisotopic (exact) mass is 429 g/mol. The number of hydroxylamine groups is 2. The van der Waals surface area contributed by atoms with Crippen LogP contribution in [0.5, 0.6) is 5.75 Å². The fourth-order valence-corrected chi connectivity index (χ4v) is 2.25. The molecule has 1 aliphatic heterocycles. The lowest BCUT2D eigenvalue weighted by Crippen LogP contribution is -2.53. The van der Waals surface area contributed by atoms with Gasteiger partial charge < -0.3 is 20.9 Å². The van der Waals surface area contributed by atoms with Crippen molar-refractivity contribution < 1.29 is 19.1 Å². The number of benzene rings is 1. The number of carbonyl (C=O) groups excluding carboxylic acids is 1. The number of methoxy groups -OCH3 is 1. The molecule has 1 aliphatic rings. The molecule has 26 heavy (non-hydrogen) atoms. The van der Waals surface area contributed by atoms with Gasteiger partial charge in [0.2, 0.25) is 11.9 Å². The molecule has 1 aromatic rings. The van der Waals surface area contributed by atoms with Crippen LogP contribution >= 0.6 is 17.0 Å². The van der Waals surface area contributed by atoms with Gasteiger partial charge in [0.25, 0.3) is 0 Å². The van der Waals surface area contributed by atoms with E-state index < -0.39 is 11.6 Å². The molecule has 9 nitrogen and oxygen atoms in total. The highest BCUT2D eigenvalue weighted by Gasteiger charge is 2.32. The second kappa shape index (κ2) is 9.39. The van der Waals surface area contributed by atoms with Crippen LogP contribution in [0.2, 0.25) is 0 Å². The first-order valence-corrected chi connectivity index (χ1v) is 7.77. The zero-order chi connectivity index (χ0) is 18.4. The fourth-order valence-electron chi connectivity index (χ4n) is 2.25. The molecule has 0 aliphatic carbocycles. The van der Waals surface area contributed by atoms with Crippen molar-refractivity contribution in [2.45, 2.75) is 25.9 Å². The number of carbonyl (C=O) groups is 1. The summed E-state index contributed by atoms with van der Waals surface area (Å²) in [5.74, 6) is 0.454. The Morgan fingerprint density at radius 1 is 1.27 bits per heavy atom. The van der Waals surface area contributed by atoms with Crippen molar-refractivity contribution in [1.29, 1.82) is 0 Å². The molecule has 10 heteroatoms. The molecule has 4 N–H and O–H groups in total. The molecule has 1 heterocycles. The predicted octanol–water partition coefficient (Wildman–Crippen LogP) is 1.43. The minimum absolute atomic E-state index is 0. The number of esters is 1. The van der Waals surface area contributed by atoms with Crippen molar-refractivity contribution in [2.75, 3.05) is 20.3 Å². The van der Waals surface area contributed by atoms with Gasteiger partial charge in [-0.25, -0.2) is 9.79 Å². The summed E-state index contributed by atoms with van der Waals surface area (Å²) in [6.07, 6.45) is 0.599. The van der Waals surface area contributed by atoms with Crippen LogP contribution < -0.4 is 16.2 Å². The Balaban J connectivity index is 0.00000338. The Morgan fingerprint density at radius 3 is 2.65 bits per heavy atom. The molecule has 0 saturated heterocycles. The molecule has 144 valence electrons. The number of nitrogens with zero attached hydrogens (tertiary/aromatic N) is 3. The summed E-state index contributed by atoms with van der Waals surface area (Å²) < 4.78 is 10.3. The van der Waals surface area contributed by atoms with Gasteiger partial charge in [-0.15, -0.1) is 17.0 Å². The molecular formula is C16H24BrN5O4. The van der Waals surface area contributed by atoms with Gasteiger partial charge in [0.05, 0.1) is 25.9 Å². The number of hydrogen-bond donors (Lipinski definition) is 2. The van der Waals surface area contributed by atoms with Gasteiger partial charge in [-0.1, -0.05) is 6.07 Å². The highest BCUT2D eigenvalue weighted by atomic mass is 79.9. The molecule has 0 bridgehead atoms. The molecule has 0 atom stereocenters. The average molecular weight is 430 g/mol. The van der Waals surface area contributed by atoms with Crippen LogP contribution in [0.15, 0.2) is 34.3 Å². The van der Waals surface area contributed by atoms with E-state index in [1.807, 2.05) is 13.8 Å². The third-order valence-corrected chi connectivity index (χ3v) is 3.36. The molecule has 0 unspecified atom stereocenters. The predicted molar refractivity (Wildman–Crippen MR) is 103 cm³/mol. The van der Waals surface area contributed by atoms with Gasteiger partial charge in [-0.2, -0.15) is 10.1 Å². The van der Waals surface area contributed by atoms with Crippen molar-refractivity contribution in [1.82, 2.24) is 5.06 Å². The Bertz CT molecular complexity index is 693. The second-order valence-corrected chi connectivity index (χ2v) is 5.78. The van der Waals surface area contributed by atoms with E-state index >= 15 is 0 Å². The van der Waals surface area contributed by atoms with Crippen molar-refractivity contribution >= 4 is 34.9 Å². The minimum Gasteiger partial charge on any atom is -0.493 e. The van der Waals surface area contributed by atoms with Crippen molar-refractivity contribution in [3.8, 4) is 5.75 Å². The Morgan fingerprint density at radius 2 is 2.00 bits per heavy atom. The molecule has 2 rings (SSSR count). The Kier molecular flexibility index (Phi) is 7.84.